The maximum Gasteiger partial charge on any atom is 0.333 e. The Kier molecular flexibility index (Phi) is 8.75. The van der Waals surface area contributed by atoms with Crippen molar-refractivity contribution in [3.8, 4) is 33.9 Å². The predicted octanol–water partition coefficient (Wildman–Crippen LogP) is 4.64. The molecular weight excluding hydrogens is 564 g/mol. The second-order valence-corrected chi connectivity index (χ2v) is 10.9. The van der Waals surface area contributed by atoms with Crippen molar-refractivity contribution in [3.05, 3.63) is 53.9 Å². The monoisotopic (exact) mass is 600 g/mol. The molecular formula is C33H36N4O7. The Hall–Kier alpha value is -5.06. The third kappa shape index (κ3) is 6.03. The minimum atomic E-state index is -0.665. The number of hydroxylamine groups is 2. The van der Waals surface area contributed by atoms with Crippen molar-refractivity contribution in [2.24, 2.45) is 4.99 Å². The Morgan fingerprint density at radius 3 is 2.34 bits per heavy atom. The van der Waals surface area contributed by atoms with Gasteiger partial charge in [0.25, 0.3) is 11.8 Å². The number of nitrogens with zero attached hydrogens (tertiary/aromatic N) is 4. The second kappa shape index (κ2) is 12.7. The van der Waals surface area contributed by atoms with Gasteiger partial charge >= 0.3 is 5.97 Å². The smallest absolute Gasteiger partial charge is 0.333 e. The molecule has 0 radical (unpaired) electrons. The van der Waals surface area contributed by atoms with Crippen LogP contribution in [0.4, 0.5) is 11.4 Å². The maximum absolute atomic E-state index is 12.3. The van der Waals surface area contributed by atoms with Crippen molar-refractivity contribution >= 4 is 40.1 Å². The molecule has 1 saturated heterocycles. The van der Waals surface area contributed by atoms with Crippen LogP contribution in [0.15, 0.2) is 57.9 Å². The summed E-state index contributed by atoms with van der Waals surface area (Å²) < 4.78 is 18.6. The minimum Gasteiger partial charge on any atom is -0.496 e. The molecule has 2 aromatic carbocycles. The number of hydrogen-bond acceptors (Lipinski definition) is 10. The summed E-state index contributed by atoms with van der Waals surface area (Å²) >= 11 is 0. The zero-order valence-electron chi connectivity index (χ0n) is 25.8. The van der Waals surface area contributed by atoms with Crippen molar-refractivity contribution in [1.29, 1.82) is 0 Å². The number of methoxy groups -OCH3 is 1. The van der Waals surface area contributed by atoms with Gasteiger partial charge in [-0.3, -0.25) is 14.6 Å². The lowest BCUT2D eigenvalue weighted by Gasteiger charge is -2.23. The van der Waals surface area contributed by atoms with Gasteiger partial charge in [0.1, 0.15) is 22.8 Å². The highest BCUT2D eigenvalue weighted by atomic mass is 16.7. The Bertz CT molecular complexity index is 1760. The lowest BCUT2D eigenvalue weighted by atomic mass is 9.92. The molecule has 0 aromatic heterocycles. The predicted molar refractivity (Wildman–Crippen MR) is 167 cm³/mol. The molecule has 0 bridgehead atoms. The van der Waals surface area contributed by atoms with Gasteiger partial charge in [-0.05, 0) is 36.8 Å². The summed E-state index contributed by atoms with van der Waals surface area (Å²) in [5.41, 5.74) is 5.11. The van der Waals surface area contributed by atoms with Crippen molar-refractivity contribution in [3.63, 3.8) is 0 Å². The first-order valence-electron chi connectivity index (χ1n) is 14.3. The second-order valence-electron chi connectivity index (χ2n) is 10.9. The summed E-state index contributed by atoms with van der Waals surface area (Å²) in [7, 11) is 11.2. The molecule has 11 nitrogen and oxygen atoms in total. The molecule has 3 aliphatic rings. The zero-order chi connectivity index (χ0) is 31.5. The SMILES string of the molecule is C/N=c1\ccc2c(-c3cc(OCCCC(=O)ON4C(=O)CCC4=O)c(N(C)C)cc3OC)c3ccc(N(C)C)cc3oc-2c1. The number of anilines is 2. The molecule has 11 heteroatoms. The summed E-state index contributed by atoms with van der Waals surface area (Å²) in [5, 5.41) is 2.26. The number of rotatable bonds is 10. The molecule has 5 rings (SSSR count). The molecule has 230 valence electrons. The third-order valence-corrected chi connectivity index (χ3v) is 7.48. The molecule has 0 N–H and O–H groups in total. The van der Waals surface area contributed by atoms with Crippen LogP contribution < -0.4 is 24.6 Å². The van der Waals surface area contributed by atoms with E-state index < -0.39 is 17.8 Å². The molecule has 44 heavy (non-hydrogen) atoms. The Morgan fingerprint density at radius 2 is 1.68 bits per heavy atom. The van der Waals surface area contributed by atoms with Gasteiger partial charge in [-0.25, -0.2) is 4.79 Å². The standard InChI is InChI=1S/C33H36N4O7/c1-34-20-9-11-22-27(16-20)43-28-17-21(35(2)3)10-12-23(28)33(22)24-18-29(25(36(4)5)19-26(24)41-6)42-15-7-8-32(40)44-37-30(38)13-14-31(37)39/h9-12,16-19H,7-8,13-15H2,1-6H3/b34-20+. The summed E-state index contributed by atoms with van der Waals surface area (Å²) in [6.45, 7) is 0.197. The lowest BCUT2D eigenvalue weighted by molar-refractivity contribution is -0.197. The first-order chi connectivity index (χ1) is 21.1. The zero-order valence-corrected chi connectivity index (χ0v) is 25.8. The summed E-state index contributed by atoms with van der Waals surface area (Å²) in [6, 6.07) is 15.8. The quantitative estimate of drug-likeness (QED) is 0.146. The van der Waals surface area contributed by atoms with E-state index in [-0.39, 0.29) is 25.9 Å². The number of benzene rings is 3. The van der Waals surface area contributed by atoms with Gasteiger partial charge in [0, 0.05) is 94.0 Å². The Labute approximate surface area is 255 Å². The molecule has 1 aliphatic carbocycles. The van der Waals surface area contributed by atoms with Crippen molar-refractivity contribution in [2.75, 3.05) is 58.8 Å². The number of imide groups is 1. The van der Waals surface area contributed by atoms with Crippen LogP contribution in [0.2, 0.25) is 0 Å². The fourth-order valence-electron chi connectivity index (χ4n) is 5.16. The molecule has 1 fully saturated rings. The maximum atomic E-state index is 12.3. The molecule has 0 unspecified atom stereocenters. The van der Waals surface area contributed by atoms with E-state index in [1.807, 2.05) is 86.5 Å². The summed E-state index contributed by atoms with van der Waals surface area (Å²) in [6.07, 6.45) is 0.393. The van der Waals surface area contributed by atoms with Crippen LogP contribution in [0.3, 0.4) is 0 Å². The highest BCUT2D eigenvalue weighted by Gasteiger charge is 2.32. The average molecular weight is 601 g/mol. The van der Waals surface area contributed by atoms with Crippen LogP contribution in [0.1, 0.15) is 25.7 Å². The number of ether oxygens (including phenoxy) is 2. The minimum absolute atomic E-state index is 0.0220. The van der Waals surface area contributed by atoms with Gasteiger partial charge in [-0.1, -0.05) is 0 Å². The number of fused-ring (bicyclic) bond motifs is 2. The normalized spacial score (nSPS) is 13.6. The van der Waals surface area contributed by atoms with Crippen LogP contribution in [0.25, 0.3) is 33.4 Å². The van der Waals surface area contributed by atoms with Gasteiger partial charge in [-0.15, -0.1) is 5.06 Å². The highest BCUT2D eigenvalue weighted by Crippen LogP contribution is 2.47. The van der Waals surface area contributed by atoms with Crippen LogP contribution in [0, 0.1) is 0 Å². The van der Waals surface area contributed by atoms with Gasteiger partial charge in [-0.2, -0.15) is 0 Å². The van der Waals surface area contributed by atoms with Crippen molar-refractivity contribution < 1.29 is 33.1 Å². The van der Waals surface area contributed by atoms with Crippen LogP contribution >= 0.6 is 0 Å². The lowest BCUT2D eigenvalue weighted by Crippen LogP contribution is -2.32. The van der Waals surface area contributed by atoms with E-state index in [0.29, 0.717) is 34.3 Å². The molecule has 2 amide bonds. The van der Waals surface area contributed by atoms with E-state index >= 15 is 0 Å². The third-order valence-electron chi connectivity index (χ3n) is 7.48. The topological polar surface area (TPSA) is 114 Å². The van der Waals surface area contributed by atoms with Gasteiger partial charge in [0.15, 0.2) is 0 Å². The summed E-state index contributed by atoms with van der Waals surface area (Å²) in [5.74, 6) is 0.249. The fourth-order valence-corrected chi connectivity index (χ4v) is 5.16. The first-order valence-corrected chi connectivity index (χ1v) is 14.3. The molecule has 0 atom stereocenters. The molecule has 2 heterocycles. The summed E-state index contributed by atoms with van der Waals surface area (Å²) in [4.78, 5) is 49.1. The van der Waals surface area contributed by atoms with Crippen LogP contribution in [0.5, 0.6) is 11.5 Å². The van der Waals surface area contributed by atoms with Crippen molar-refractivity contribution in [1.82, 2.24) is 5.06 Å². The van der Waals surface area contributed by atoms with Gasteiger partial charge < -0.3 is 28.5 Å². The van der Waals surface area contributed by atoms with Gasteiger partial charge in [0.2, 0.25) is 0 Å². The largest absolute Gasteiger partial charge is 0.496 e. The molecule has 2 aliphatic heterocycles. The highest BCUT2D eigenvalue weighted by molar-refractivity contribution is 6.04. The molecule has 0 saturated carbocycles. The molecule has 0 spiro atoms. The van der Waals surface area contributed by atoms with Gasteiger partial charge in [0.05, 0.1) is 31.2 Å². The Balaban J connectivity index is 1.52. The Morgan fingerprint density at radius 1 is 0.932 bits per heavy atom. The van der Waals surface area contributed by atoms with Crippen LogP contribution in [-0.2, 0) is 19.2 Å². The average Bonchev–Trinajstić information content (AvgIpc) is 3.32. The van der Waals surface area contributed by atoms with E-state index in [4.69, 9.17) is 18.7 Å². The fraction of sp³-hybridized carbons (Fsp3) is 0.333. The van der Waals surface area contributed by atoms with E-state index in [0.717, 1.165) is 38.8 Å². The number of hydrogen-bond donors (Lipinski definition) is 0. The van der Waals surface area contributed by atoms with E-state index in [1.54, 1.807) is 14.2 Å². The number of amides is 2. The van der Waals surface area contributed by atoms with Crippen LogP contribution in [-0.4, -0.2) is 71.8 Å². The number of carbonyl (C=O) groups excluding carboxylic acids is 3. The molecule has 2 aromatic rings. The van der Waals surface area contributed by atoms with Crippen molar-refractivity contribution in [2.45, 2.75) is 25.7 Å². The van der Waals surface area contributed by atoms with E-state index in [2.05, 4.69) is 4.99 Å². The van der Waals surface area contributed by atoms with E-state index in [9.17, 15) is 14.4 Å². The number of carbonyl (C=O) groups is 3. The first kappa shape index (κ1) is 30.4. The van der Waals surface area contributed by atoms with E-state index in [1.165, 1.54) is 0 Å².